The molecule has 0 aliphatic carbocycles. The second-order valence-electron chi connectivity index (χ2n) is 4.46. The van der Waals surface area contributed by atoms with Gasteiger partial charge in [0.25, 0.3) is 0 Å². The van der Waals surface area contributed by atoms with Crippen molar-refractivity contribution in [1.82, 2.24) is 5.32 Å². The first-order valence-corrected chi connectivity index (χ1v) is 6.76. The minimum atomic E-state index is -0.513. The van der Waals surface area contributed by atoms with Gasteiger partial charge in [0.2, 0.25) is 0 Å². The highest BCUT2D eigenvalue weighted by Gasteiger charge is 2.14. The molecular formula is C14H22ClNO2. The number of hydrogen-bond acceptors (Lipinski definition) is 3. The van der Waals surface area contributed by atoms with Gasteiger partial charge in [0.05, 0.1) is 6.10 Å². The standard InChI is InChI=1S/C14H22ClNO2/c1-4-8-16-9-12-13(15)6-5-7-14(12)18-11(3)10(2)17/h5-7,10-11,16-17H,4,8-9H2,1-3H3. The molecule has 0 amide bonds. The first kappa shape index (κ1) is 15.3. The molecule has 2 unspecified atom stereocenters. The monoisotopic (exact) mass is 271 g/mol. The molecule has 0 bridgehead atoms. The van der Waals surface area contributed by atoms with E-state index in [1.807, 2.05) is 25.1 Å². The molecule has 0 spiro atoms. The SMILES string of the molecule is CCCNCc1c(Cl)cccc1OC(C)C(C)O. The molecule has 0 fully saturated rings. The predicted molar refractivity (Wildman–Crippen MR) is 75.2 cm³/mol. The van der Waals surface area contributed by atoms with Crippen LogP contribution in [0.4, 0.5) is 0 Å². The summed E-state index contributed by atoms with van der Waals surface area (Å²) in [7, 11) is 0. The average Bonchev–Trinajstić information content (AvgIpc) is 2.32. The molecule has 18 heavy (non-hydrogen) atoms. The van der Waals surface area contributed by atoms with E-state index in [1.54, 1.807) is 6.92 Å². The normalized spacial score (nSPS) is 14.3. The third kappa shape index (κ3) is 4.48. The van der Waals surface area contributed by atoms with E-state index in [1.165, 1.54) is 0 Å². The molecule has 0 heterocycles. The number of hydrogen-bond donors (Lipinski definition) is 2. The number of halogens is 1. The fourth-order valence-electron chi connectivity index (χ4n) is 1.51. The number of aliphatic hydroxyl groups excluding tert-OH is 1. The maximum Gasteiger partial charge on any atom is 0.125 e. The number of aliphatic hydroxyl groups is 1. The highest BCUT2D eigenvalue weighted by molar-refractivity contribution is 6.31. The van der Waals surface area contributed by atoms with Crippen molar-refractivity contribution in [2.45, 2.75) is 45.9 Å². The van der Waals surface area contributed by atoms with Crippen molar-refractivity contribution in [3.05, 3.63) is 28.8 Å². The zero-order valence-electron chi connectivity index (χ0n) is 11.2. The number of benzene rings is 1. The Morgan fingerprint density at radius 1 is 1.39 bits per heavy atom. The van der Waals surface area contributed by atoms with Crippen LogP contribution in [-0.2, 0) is 6.54 Å². The molecule has 0 aromatic heterocycles. The van der Waals surface area contributed by atoms with Crippen LogP contribution in [0.3, 0.4) is 0 Å². The molecule has 1 aromatic rings. The molecule has 1 aromatic carbocycles. The summed E-state index contributed by atoms with van der Waals surface area (Å²) in [6.07, 6.45) is 0.305. The van der Waals surface area contributed by atoms with Crippen LogP contribution < -0.4 is 10.1 Å². The van der Waals surface area contributed by atoms with E-state index in [9.17, 15) is 5.11 Å². The molecule has 2 atom stereocenters. The molecule has 102 valence electrons. The van der Waals surface area contributed by atoms with Crippen LogP contribution in [-0.4, -0.2) is 23.9 Å². The zero-order chi connectivity index (χ0) is 13.5. The van der Waals surface area contributed by atoms with Crippen LogP contribution >= 0.6 is 11.6 Å². The lowest BCUT2D eigenvalue weighted by atomic mass is 10.2. The van der Waals surface area contributed by atoms with E-state index in [0.717, 1.165) is 24.3 Å². The molecule has 3 nitrogen and oxygen atoms in total. The molecule has 0 saturated carbocycles. The lowest BCUT2D eigenvalue weighted by Crippen LogP contribution is -2.26. The van der Waals surface area contributed by atoms with Crippen LogP contribution in [0.1, 0.15) is 32.8 Å². The first-order valence-electron chi connectivity index (χ1n) is 6.39. The van der Waals surface area contributed by atoms with E-state index in [-0.39, 0.29) is 6.10 Å². The smallest absolute Gasteiger partial charge is 0.125 e. The van der Waals surface area contributed by atoms with Gasteiger partial charge in [-0.2, -0.15) is 0 Å². The number of ether oxygens (including phenoxy) is 1. The van der Waals surface area contributed by atoms with Crippen molar-refractivity contribution in [2.75, 3.05) is 6.54 Å². The molecule has 1 rings (SSSR count). The van der Waals surface area contributed by atoms with Crippen molar-refractivity contribution in [3.8, 4) is 5.75 Å². The van der Waals surface area contributed by atoms with Gasteiger partial charge in [-0.05, 0) is 38.9 Å². The predicted octanol–water partition coefficient (Wildman–Crippen LogP) is 2.99. The van der Waals surface area contributed by atoms with Crippen molar-refractivity contribution in [2.24, 2.45) is 0 Å². The Labute approximate surface area is 114 Å². The van der Waals surface area contributed by atoms with Crippen LogP contribution in [0.15, 0.2) is 18.2 Å². The van der Waals surface area contributed by atoms with Crippen LogP contribution in [0.2, 0.25) is 5.02 Å². The second-order valence-corrected chi connectivity index (χ2v) is 4.86. The lowest BCUT2D eigenvalue weighted by molar-refractivity contribution is 0.0597. The summed E-state index contributed by atoms with van der Waals surface area (Å²) in [5, 5.41) is 13.5. The lowest BCUT2D eigenvalue weighted by Gasteiger charge is -2.20. The van der Waals surface area contributed by atoms with Gasteiger partial charge in [-0.1, -0.05) is 24.6 Å². The van der Waals surface area contributed by atoms with E-state index in [0.29, 0.717) is 11.6 Å². The molecule has 0 aliphatic heterocycles. The third-order valence-electron chi connectivity index (χ3n) is 2.80. The van der Waals surface area contributed by atoms with E-state index in [4.69, 9.17) is 16.3 Å². The van der Waals surface area contributed by atoms with Gasteiger partial charge in [0, 0.05) is 17.1 Å². The summed E-state index contributed by atoms with van der Waals surface area (Å²) in [5.41, 5.74) is 0.945. The summed E-state index contributed by atoms with van der Waals surface area (Å²) in [5.74, 6) is 0.736. The van der Waals surface area contributed by atoms with E-state index in [2.05, 4.69) is 12.2 Å². The Morgan fingerprint density at radius 3 is 2.72 bits per heavy atom. The van der Waals surface area contributed by atoms with Crippen LogP contribution in [0.25, 0.3) is 0 Å². The highest BCUT2D eigenvalue weighted by Crippen LogP contribution is 2.27. The van der Waals surface area contributed by atoms with Gasteiger partial charge >= 0.3 is 0 Å². The molecule has 0 aliphatic rings. The molecule has 0 radical (unpaired) electrons. The maximum atomic E-state index is 9.48. The minimum absolute atomic E-state index is 0.256. The first-order chi connectivity index (χ1) is 8.56. The summed E-state index contributed by atoms with van der Waals surface area (Å²) in [4.78, 5) is 0. The molecule has 0 saturated heterocycles. The zero-order valence-corrected chi connectivity index (χ0v) is 12.0. The maximum absolute atomic E-state index is 9.48. The quantitative estimate of drug-likeness (QED) is 0.749. The Hall–Kier alpha value is -0.770. The van der Waals surface area contributed by atoms with Gasteiger partial charge in [-0.15, -0.1) is 0 Å². The van der Waals surface area contributed by atoms with Crippen LogP contribution in [0.5, 0.6) is 5.75 Å². The van der Waals surface area contributed by atoms with Gasteiger partial charge in [-0.3, -0.25) is 0 Å². The van der Waals surface area contributed by atoms with E-state index >= 15 is 0 Å². The third-order valence-corrected chi connectivity index (χ3v) is 3.15. The Kier molecular flexibility index (Phi) is 6.47. The topological polar surface area (TPSA) is 41.5 Å². The average molecular weight is 272 g/mol. The molecule has 2 N–H and O–H groups in total. The van der Waals surface area contributed by atoms with Crippen molar-refractivity contribution < 1.29 is 9.84 Å². The number of nitrogens with one attached hydrogen (secondary N) is 1. The van der Waals surface area contributed by atoms with Gasteiger partial charge < -0.3 is 15.2 Å². The Bertz CT molecular complexity index is 369. The summed E-state index contributed by atoms with van der Waals surface area (Å²) < 4.78 is 5.74. The second kappa shape index (κ2) is 7.62. The molecular weight excluding hydrogens is 250 g/mol. The summed E-state index contributed by atoms with van der Waals surface area (Å²) in [6, 6.07) is 5.59. The van der Waals surface area contributed by atoms with E-state index < -0.39 is 6.10 Å². The van der Waals surface area contributed by atoms with Crippen LogP contribution in [0, 0.1) is 0 Å². The Balaban J connectivity index is 2.79. The highest BCUT2D eigenvalue weighted by atomic mass is 35.5. The Morgan fingerprint density at radius 2 is 2.11 bits per heavy atom. The minimum Gasteiger partial charge on any atom is -0.488 e. The summed E-state index contributed by atoms with van der Waals surface area (Å²) >= 11 is 6.19. The van der Waals surface area contributed by atoms with Gasteiger partial charge in [0.1, 0.15) is 11.9 Å². The van der Waals surface area contributed by atoms with Crippen molar-refractivity contribution in [1.29, 1.82) is 0 Å². The largest absolute Gasteiger partial charge is 0.488 e. The van der Waals surface area contributed by atoms with Crippen molar-refractivity contribution in [3.63, 3.8) is 0 Å². The van der Waals surface area contributed by atoms with Crippen molar-refractivity contribution >= 4 is 11.6 Å². The van der Waals surface area contributed by atoms with Gasteiger partial charge in [-0.25, -0.2) is 0 Å². The molecule has 4 heteroatoms. The summed E-state index contributed by atoms with van der Waals surface area (Å²) in [6.45, 7) is 7.29. The van der Waals surface area contributed by atoms with Gasteiger partial charge in [0.15, 0.2) is 0 Å². The fraction of sp³-hybridized carbons (Fsp3) is 0.571. The number of rotatable bonds is 7. The fourth-order valence-corrected chi connectivity index (χ4v) is 1.74.